The minimum Gasteiger partial charge on any atom is -0.497 e. The van der Waals surface area contributed by atoms with E-state index in [4.69, 9.17) is 9.47 Å². The van der Waals surface area contributed by atoms with Gasteiger partial charge in [0.05, 0.1) is 17.6 Å². The fourth-order valence-electron chi connectivity index (χ4n) is 3.49. The fourth-order valence-corrected chi connectivity index (χ4v) is 3.49. The normalized spacial score (nSPS) is 15.2. The Kier molecular flexibility index (Phi) is 7.38. The van der Waals surface area contributed by atoms with Crippen molar-refractivity contribution in [3.05, 3.63) is 82.4 Å². The largest absolute Gasteiger partial charge is 0.497 e. The number of rotatable bonds is 7. The first-order valence-corrected chi connectivity index (χ1v) is 10.1. The molecule has 30 heavy (non-hydrogen) atoms. The van der Waals surface area contributed by atoms with Gasteiger partial charge in [0, 0.05) is 12.1 Å². The Balaban J connectivity index is 1.81. The molecule has 2 aromatic rings. The summed E-state index contributed by atoms with van der Waals surface area (Å²) in [7, 11) is 1.58. The molecule has 156 valence electrons. The molecule has 1 aliphatic rings. The second-order valence-electron chi connectivity index (χ2n) is 7.23. The average molecular weight is 407 g/mol. The van der Waals surface area contributed by atoms with Gasteiger partial charge < -0.3 is 9.47 Å². The monoisotopic (exact) mass is 407 g/mol. The molecule has 0 heterocycles. The third-order valence-corrected chi connectivity index (χ3v) is 5.18. The van der Waals surface area contributed by atoms with Crippen molar-refractivity contribution in [3.63, 3.8) is 0 Å². The SMILES string of the molecule is COc1ccc(/C(=C\C=C\C2CCCCC2)C(=O)Oc2ccc([N+](=O)[O-])cc2)cc1. The highest BCUT2D eigenvalue weighted by Gasteiger charge is 2.16. The Morgan fingerprint density at radius 3 is 2.23 bits per heavy atom. The third-order valence-electron chi connectivity index (χ3n) is 5.18. The van der Waals surface area contributed by atoms with Crippen LogP contribution in [-0.2, 0) is 4.79 Å². The number of nitrogens with zero attached hydrogens (tertiary/aromatic N) is 1. The van der Waals surface area contributed by atoms with Gasteiger partial charge in [0.2, 0.25) is 0 Å². The highest BCUT2D eigenvalue weighted by atomic mass is 16.6. The fraction of sp³-hybridized carbons (Fsp3) is 0.292. The number of non-ortho nitro benzene ring substituents is 1. The summed E-state index contributed by atoms with van der Waals surface area (Å²) in [5, 5.41) is 10.8. The number of allylic oxidation sites excluding steroid dienone is 3. The van der Waals surface area contributed by atoms with Crippen LogP contribution in [0.2, 0.25) is 0 Å². The van der Waals surface area contributed by atoms with Gasteiger partial charge in [-0.05, 0) is 54.7 Å². The van der Waals surface area contributed by atoms with Crippen LogP contribution in [0.25, 0.3) is 5.57 Å². The summed E-state index contributed by atoms with van der Waals surface area (Å²) in [5.41, 5.74) is 1.05. The van der Waals surface area contributed by atoms with Crippen LogP contribution in [0, 0.1) is 16.0 Å². The molecule has 6 heteroatoms. The second kappa shape index (κ2) is 10.4. The highest BCUT2D eigenvalue weighted by Crippen LogP contribution is 2.26. The summed E-state index contributed by atoms with van der Waals surface area (Å²) in [6, 6.07) is 12.6. The Morgan fingerprint density at radius 2 is 1.63 bits per heavy atom. The lowest BCUT2D eigenvalue weighted by Gasteiger charge is -2.17. The molecule has 0 bridgehead atoms. The van der Waals surface area contributed by atoms with Crippen molar-refractivity contribution in [1.29, 1.82) is 0 Å². The van der Waals surface area contributed by atoms with Gasteiger partial charge in [-0.3, -0.25) is 10.1 Å². The summed E-state index contributed by atoms with van der Waals surface area (Å²) < 4.78 is 10.7. The van der Waals surface area contributed by atoms with E-state index in [9.17, 15) is 14.9 Å². The number of methoxy groups -OCH3 is 1. The number of hydrogen-bond donors (Lipinski definition) is 0. The Hall–Kier alpha value is -3.41. The lowest BCUT2D eigenvalue weighted by molar-refractivity contribution is -0.384. The number of nitro groups is 1. The van der Waals surface area contributed by atoms with Crippen LogP contribution in [0.5, 0.6) is 11.5 Å². The van der Waals surface area contributed by atoms with Crippen molar-refractivity contribution in [3.8, 4) is 11.5 Å². The first-order chi connectivity index (χ1) is 14.6. The van der Waals surface area contributed by atoms with Crippen LogP contribution in [0.1, 0.15) is 37.7 Å². The Morgan fingerprint density at radius 1 is 1.00 bits per heavy atom. The van der Waals surface area contributed by atoms with Crippen LogP contribution in [0.4, 0.5) is 5.69 Å². The maximum absolute atomic E-state index is 12.9. The highest BCUT2D eigenvalue weighted by molar-refractivity contribution is 6.17. The first kappa shape index (κ1) is 21.3. The zero-order chi connectivity index (χ0) is 21.3. The van der Waals surface area contributed by atoms with E-state index in [1.54, 1.807) is 37.5 Å². The smallest absolute Gasteiger partial charge is 0.344 e. The van der Waals surface area contributed by atoms with Crippen LogP contribution < -0.4 is 9.47 Å². The number of benzene rings is 2. The molecule has 2 aromatic carbocycles. The van der Waals surface area contributed by atoms with Gasteiger partial charge in [0.25, 0.3) is 5.69 Å². The van der Waals surface area contributed by atoms with Gasteiger partial charge in [-0.25, -0.2) is 4.79 Å². The molecule has 1 fully saturated rings. The maximum Gasteiger partial charge on any atom is 0.344 e. The molecule has 0 N–H and O–H groups in total. The summed E-state index contributed by atoms with van der Waals surface area (Å²) in [4.78, 5) is 23.2. The number of ether oxygens (including phenoxy) is 2. The molecular formula is C24H25NO5. The van der Waals surface area contributed by atoms with Crippen LogP contribution in [0.3, 0.4) is 0 Å². The number of carbonyl (C=O) groups excluding carboxylic acids is 1. The topological polar surface area (TPSA) is 78.7 Å². The predicted molar refractivity (Wildman–Crippen MR) is 115 cm³/mol. The van der Waals surface area contributed by atoms with Crippen LogP contribution >= 0.6 is 0 Å². The lowest BCUT2D eigenvalue weighted by Crippen LogP contribution is -2.10. The number of carbonyl (C=O) groups is 1. The first-order valence-electron chi connectivity index (χ1n) is 10.1. The zero-order valence-corrected chi connectivity index (χ0v) is 17.0. The maximum atomic E-state index is 12.9. The van der Waals surface area contributed by atoms with Crippen molar-refractivity contribution in [2.45, 2.75) is 32.1 Å². The second-order valence-corrected chi connectivity index (χ2v) is 7.23. The zero-order valence-electron chi connectivity index (χ0n) is 17.0. The van der Waals surface area contributed by atoms with Crippen molar-refractivity contribution >= 4 is 17.2 Å². The minimum atomic E-state index is -0.526. The van der Waals surface area contributed by atoms with Gasteiger partial charge in [-0.2, -0.15) is 0 Å². The van der Waals surface area contributed by atoms with E-state index in [1.807, 2.05) is 6.08 Å². The van der Waals surface area contributed by atoms with E-state index in [0.29, 0.717) is 22.8 Å². The van der Waals surface area contributed by atoms with E-state index >= 15 is 0 Å². The molecule has 0 aliphatic heterocycles. The van der Waals surface area contributed by atoms with Crippen molar-refractivity contribution in [2.24, 2.45) is 5.92 Å². The predicted octanol–water partition coefficient (Wildman–Crippen LogP) is 5.73. The molecule has 0 atom stereocenters. The van der Waals surface area contributed by atoms with E-state index < -0.39 is 10.9 Å². The molecule has 0 aromatic heterocycles. The Bertz CT molecular complexity index is 923. The molecule has 1 saturated carbocycles. The number of esters is 1. The minimum absolute atomic E-state index is 0.0591. The molecule has 0 unspecified atom stereocenters. The summed E-state index contributed by atoms with van der Waals surface area (Å²) in [6.45, 7) is 0. The number of nitro benzene ring substituents is 1. The lowest BCUT2D eigenvalue weighted by atomic mass is 9.89. The van der Waals surface area contributed by atoms with Gasteiger partial charge in [-0.1, -0.05) is 43.5 Å². The van der Waals surface area contributed by atoms with E-state index in [0.717, 1.165) is 0 Å². The molecular weight excluding hydrogens is 382 g/mol. The third kappa shape index (κ3) is 5.80. The van der Waals surface area contributed by atoms with Gasteiger partial charge >= 0.3 is 5.97 Å². The average Bonchev–Trinajstić information content (AvgIpc) is 2.78. The van der Waals surface area contributed by atoms with Gasteiger partial charge in [-0.15, -0.1) is 0 Å². The molecule has 0 saturated heterocycles. The quantitative estimate of drug-likeness (QED) is 0.146. The molecule has 1 aliphatic carbocycles. The van der Waals surface area contributed by atoms with Crippen LogP contribution in [0.15, 0.2) is 66.8 Å². The molecule has 0 radical (unpaired) electrons. The van der Waals surface area contributed by atoms with E-state index in [1.165, 1.54) is 56.4 Å². The molecule has 0 spiro atoms. The molecule has 3 rings (SSSR count). The standard InChI is InChI=1S/C24H25NO5/c1-29-21-14-10-19(11-15-21)23(9-5-8-18-6-3-2-4-7-18)24(26)30-22-16-12-20(13-17-22)25(27)28/h5,8-18H,2-4,6-7H2,1H3/b8-5+,23-9+. The summed E-state index contributed by atoms with van der Waals surface area (Å²) in [5.74, 6) is 0.959. The van der Waals surface area contributed by atoms with Crippen LogP contribution in [-0.4, -0.2) is 18.0 Å². The van der Waals surface area contributed by atoms with Crippen molar-refractivity contribution in [1.82, 2.24) is 0 Å². The molecule has 0 amide bonds. The van der Waals surface area contributed by atoms with Crippen molar-refractivity contribution < 1.29 is 19.2 Å². The van der Waals surface area contributed by atoms with E-state index in [-0.39, 0.29) is 11.4 Å². The van der Waals surface area contributed by atoms with E-state index in [2.05, 4.69) is 6.08 Å². The van der Waals surface area contributed by atoms with Crippen molar-refractivity contribution in [2.75, 3.05) is 7.11 Å². The molecule has 6 nitrogen and oxygen atoms in total. The summed E-state index contributed by atoms with van der Waals surface area (Å²) in [6.07, 6.45) is 12.0. The Labute approximate surface area is 176 Å². The number of hydrogen-bond acceptors (Lipinski definition) is 5. The van der Waals surface area contributed by atoms with Gasteiger partial charge in [0.1, 0.15) is 11.5 Å². The van der Waals surface area contributed by atoms with Gasteiger partial charge in [0.15, 0.2) is 0 Å². The summed E-state index contributed by atoms with van der Waals surface area (Å²) >= 11 is 0.